The first-order chi connectivity index (χ1) is 5.36. The fourth-order valence-electron chi connectivity index (χ4n) is 0.823. The number of esters is 1. The zero-order valence-corrected chi connectivity index (χ0v) is 5.95. The van der Waals surface area contributed by atoms with E-state index in [0.29, 0.717) is 5.95 Å². The highest BCUT2D eigenvalue weighted by Gasteiger charge is 2.32. The molecule has 0 amide bonds. The van der Waals surface area contributed by atoms with Crippen molar-refractivity contribution >= 4 is 5.97 Å². The van der Waals surface area contributed by atoms with Crippen LogP contribution < -0.4 is 4.74 Å². The first-order valence-electron chi connectivity index (χ1n) is 3.61. The fourth-order valence-corrected chi connectivity index (χ4v) is 0.823. The van der Waals surface area contributed by atoms with Crippen LogP contribution in [0.5, 0.6) is 5.95 Å². The van der Waals surface area contributed by atoms with E-state index in [4.69, 9.17) is 9.15 Å². The van der Waals surface area contributed by atoms with Crippen molar-refractivity contribution in [2.45, 2.75) is 12.8 Å². The molecule has 0 saturated heterocycles. The van der Waals surface area contributed by atoms with Gasteiger partial charge in [0, 0.05) is 6.07 Å². The molecule has 0 unspecified atom stereocenters. The summed E-state index contributed by atoms with van der Waals surface area (Å²) in [5, 5.41) is 0. The van der Waals surface area contributed by atoms with E-state index in [0.717, 1.165) is 12.8 Å². The van der Waals surface area contributed by atoms with Gasteiger partial charge in [0.15, 0.2) is 0 Å². The van der Waals surface area contributed by atoms with E-state index in [9.17, 15) is 4.79 Å². The summed E-state index contributed by atoms with van der Waals surface area (Å²) < 4.78 is 9.71. The Balaban J connectivity index is 1.94. The highest BCUT2D eigenvalue weighted by Crippen LogP contribution is 2.30. The van der Waals surface area contributed by atoms with Gasteiger partial charge in [-0.3, -0.25) is 4.79 Å². The van der Waals surface area contributed by atoms with Gasteiger partial charge in [0.2, 0.25) is 0 Å². The topological polar surface area (TPSA) is 39.4 Å². The van der Waals surface area contributed by atoms with Crippen LogP contribution >= 0.6 is 0 Å². The average molecular weight is 152 g/mol. The van der Waals surface area contributed by atoms with Crippen LogP contribution in [0.1, 0.15) is 12.8 Å². The Morgan fingerprint density at radius 2 is 2.45 bits per heavy atom. The first-order valence-corrected chi connectivity index (χ1v) is 3.61. The summed E-state index contributed by atoms with van der Waals surface area (Å²) in [6.07, 6.45) is 3.40. The van der Waals surface area contributed by atoms with Crippen molar-refractivity contribution in [1.29, 1.82) is 0 Å². The minimum absolute atomic E-state index is 0.125. The molecule has 0 spiro atoms. The van der Waals surface area contributed by atoms with E-state index in [2.05, 4.69) is 0 Å². The van der Waals surface area contributed by atoms with E-state index >= 15 is 0 Å². The van der Waals surface area contributed by atoms with Crippen LogP contribution in [0.4, 0.5) is 0 Å². The number of furan rings is 1. The van der Waals surface area contributed by atoms with Gasteiger partial charge < -0.3 is 9.15 Å². The molecule has 1 aromatic heterocycles. The molecule has 11 heavy (non-hydrogen) atoms. The smallest absolute Gasteiger partial charge is 0.316 e. The van der Waals surface area contributed by atoms with Gasteiger partial charge in [0.05, 0.1) is 12.2 Å². The zero-order chi connectivity index (χ0) is 7.68. The van der Waals surface area contributed by atoms with Gasteiger partial charge in [0.1, 0.15) is 0 Å². The number of carbonyl (C=O) groups is 1. The molecule has 0 aliphatic heterocycles. The van der Waals surface area contributed by atoms with Crippen molar-refractivity contribution in [3.05, 3.63) is 18.4 Å². The molecule has 1 aliphatic carbocycles. The van der Waals surface area contributed by atoms with Crippen molar-refractivity contribution in [3.63, 3.8) is 0 Å². The van der Waals surface area contributed by atoms with Crippen LogP contribution in [0.15, 0.2) is 22.8 Å². The third-order valence-corrected chi connectivity index (χ3v) is 1.61. The monoisotopic (exact) mass is 152 g/mol. The molecular weight excluding hydrogens is 144 g/mol. The Labute approximate surface area is 64.0 Å². The van der Waals surface area contributed by atoms with Gasteiger partial charge in [-0.25, -0.2) is 0 Å². The van der Waals surface area contributed by atoms with Gasteiger partial charge in [0.25, 0.3) is 5.95 Å². The fraction of sp³-hybridized carbons (Fsp3) is 0.375. The van der Waals surface area contributed by atoms with Crippen molar-refractivity contribution in [3.8, 4) is 5.95 Å². The molecule has 0 radical (unpaired) electrons. The van der Waals surface area contributed by atoms with Crippen LogP contribution in [-0.4, -0.2) is 5.97 Å². The number of carbonyl (C=O) groups excluding carboxylic acids is 1. The Morgan fingerprint density at radius 1 is 1.64 bits per heavy atom. The summed E-state index contributed by atoms with van der Waals surface area (Å²) in [6, 6.07) is 3.32. The lowest BCUT2D eigenvalue weighted by Crippen LogP contribution is -2.08. The Kier molecular flexibility index (Phi) is 1.42. The molecule has 0 atom stereocenters. The number of ether oxygens (including phenoxy) is 1. The minimum Gasteiger partial charge on any atom is -0.434 e. The second-order valence-electron chi connectivity index (χ2n) is 2.63. The molecule has 1 aliphatic rings. The molecule has 2 rings (SSSR count). The van der Waals surface area contributed by atoms with E-state index in [1.807, 2.05) is 0 Å². The number of hydrogen-bond acceptors (Lipinski definition) is 3. The predicted octanol–water partition coefficient (Wildman–Crippen LogP) is 1.59. The highest BCUT2D eigenvalue weighted by atomic mass is 16.6. The van der Waals surface area contributed by atoms with E-state index in [1.54, 1.807) is 12.1 Å². The second-order valence-corrected chi connectivity index (χ2v) is 2.63. The standard InChI is InChI=1S/C8H8O3/c9-8(6-3-4-6)11-7-2-1-5-10-7/h1-2,5-6H,3-4H2. The van der Waals surface area contributed by atoms with Crippen LogP contribution in [-0.2, 0) is 4.79 Å². The van der Waals surface area contributed by atoms with Gasteiger partial charge in [-0.15, -0.1) is 0 Å². The van der Waals surface area contributed by atoms with Gasteiger partial charge >= 0.3 is 5.97 Å². The molecule has 1 fully saturated rings. The molecule has 1 saturated carbocycles. The summed E-state index contributed by atoms with van der Waals surface area (Å²) in [6.45, 7) is 0. The summed E-state index contributed by atoms with van der Waals surface area (Å²) in [5.41, 5.74) is 0. The summed E-state index contributed by atoms with van der Waals surface area (Å²) >= 11 is 0. The van der Waals surface area contributed by atoms with Gasteiger partial charge in [-0.1, -0.05) is 0 Å². The Morgan fingerprint density at radius 3 is 3.00 bits per heavy atom. The highest BCUT2D eigenvalue weighted by molar-refractivity contribution is 5.76. The average Bonchev–Trinajstić information content (AvgIpc) is 2.73. The SMILES string of the molecule is O=C(Oc1ccco1)C1CC1. The summed E-state index contributed by atoms with van der Waals surface area (Å²) in [7, 11) is 0. The van der Waals surface area contributed by atoms with Crippen LogP contribution in [0.25, 0.3) is 0 Å². The third-order valence-electron chi connectivity index (χ3n) is 1.61. The maximum Gasteiger partial charge on any atom is 0.316 e. The zero-order valence-electron chi connectivity index (χ0n) is 5.95. The lowest BCUT2D eigenvalue weighted by atomic mass is 10.4. The van der Waals surface area contributed by atoms with Crippen molar-refractivity contribution in [2.75, 3.05) is 0 Å². The molecule has 0 aromatic carbocycles. The van der Waals surface area contributed by atoms with Crippen molar-refractivity contribution in [2.24, 2.45) is 5.92 Å². The maximum absolute atomic E-state index is 11.0. The quantitative estimate of drug-likeness (QED) is 0.604. The van der Waals surface area contributed by atoms with Crippen molar-refractivity contribution in [1.82, 2.24) is 0 Å². The number of hydrogen-bond donors (Lipinski definition) is 0. The molecule has 58 valence electrons. The van der Waals surface area contributed by atoms with E-state index in [-0.39, 0.29) is 11.9 Å². The number of rotatable bonds is 2. The molecule has 0 N–H and O–H groups in total. The first kappa shape index (κ1) is 6.46. The molecular formula is C8H8O3. The largest absolute Gasteiger partial charge is 0.434 e. The molecule has 1 heterocycles. The Hall–Kier alpha value is -1.25. The van der Waals surface area contributed by atoms with Crippen molar-refractivity contribution < 1.29 is 13.9 Å². The summed E-state index contributed by atoms with van der Waals surface area (Å²) in [4.78, 5) is 11.0. The second kappa shape index (κ2) is 2.42. The Bertz CT molecular complexity index is 246. The molecule has 3 nitrogen and oxygen atoms in total. The normalized spacial score (nSPS) is 16.4. The van der Waals surface area contributed by atoms with E-state index in [1.165, 1.54) is 6.26 Å². The minimum atomic E-state index is -0.167. The van der Waals surface area contributed by atoms with Crippen LogP contribution in [0.3, 0.4) is 0 Å². The van der Waals surface area contributed by atoms with Gasteiger partial charge in [-0.2, -0.15) is 0 Å². The molecule has 3 heteroatoms. The predicted molar refractivity (Wildman–Crippen MR) is 37.1 cm³/mol. The lowest BCUT2D eigenvalue weighted by Gasteiger charge is -1.95. The van der Waals surface area contributed by atoms with Crippen LogP contribution in [0, 0.1) is 5.92 Å². The third kappa shape index (κ3) is 1.42. The summed E-state index contributed by atoms with van der Waals surface area (Å²) in [5.74, 6) is 0.252. The lowest BCUT2D eigenvalue weighted by molar-refractivity contribution is -0.137. The van der Waals surface area contributed by atoms with Gasteiger partial charge in [-0.05, 0) is 18.9 Å². The van der Waals surface area contributed by atoms with Crippen LogP contribution in [0.2, 0.25) is 0 Å². The maximum atomic E-state index is 11.0. The molecule has 1 aromatic rings. The molecule has 0 bridgehead atoms. The van der Waals surface area contributed by atoms with E-state index < -0.39 is 0 Å².